The third-order valence-corrected chi connectivity index (χ3v) is 3.69. The van der Waals surface area contributed by atoms with Gasteiger partial charge in [0, 0.05) is 18.9 Å². The number of halogens is 3. The molecular weight excluding hydrogens is 271 g/mol. The number of pyridine rings is 1. The van der Waals surface area contributed by atoms with Crippen LogP contribution in [-0.2, 0) is 4.79 Å². The molecule has 1 fully saturated rings. The van der Waals surface area contributed by atoms with Gasteiger partial charge in [0.25, 0.3) is 0 Å². The van der Waals surface area contributed by atoms with Gasteiger partial charge in [-0.15, -0.1) is 0 Å². The highest BCUT2D eigenvalue weighted by Gasteiger charge is 2.61. The monoisotopic (exact) mass is 287 g/mol. The number of hydrogen-bond donors (Lipinski definition) is 2. The van der Waals surface area contributed by atoms with E-state index in [0.717, 1.165) is 5.56 Å². The summed E-state index contributed by atoms with van der Waals surface area (Å²) in [5, 5.41) is 5.08. The van der Waals surface area contributed by atoms with Crippen LogP contribution in [0.4, 0.5) is 13.2 Å². The normalized spacial score (nSPS) is 24.4. The lowest BCUT2D eigenvalue weighted by atomic mass is 9.84. The first-order chi connectivity index (χ1) is 9.37. The van der Waals surface area contributed by atoms with Crippen LogP contribution in [-0.4, -0.2) is 30.2 Å². The minimum Gasteiger partial charge on any atom is -0.349 e. The summed E-state index contributed by atoms with van der Waals surface area (Å²) in [6.07, 6.45) is -1.72. The van der Waals surface area contributed by atoms with Gasteiger partial charge >= 0.3 is 6.18 Å². The lowest BCUT2D eigenvalue weighted by molar-refractivity contribution is -0.216. The molecular formula is C13H16F3N3O. The summed E-state index contributed by atoms with van der Waals surface area (Å²) in [6, 6.07) is 2.83. The van der Waals surface area contributed by atoms with Gasteiger partial charge in [-0.3, -0.25) is 9.78 Å². The number of amides is 1. The summed E-state index contributed by atoms with van der Waals surface area (Å²) in [4.78, 5) is 15.9. The first kappa shape index (κ1) is 14.8. The Labute approximate surface area is 114 Å². The minimum absolute atomic E-state index is 0.191. The number of hydrogen-bond acceptors (Lipinski definition) is 3. The Morgan fingerprint density at radius 2 is 2.10 bits per heavy atom. The second kappa shape index (κ2) is 5.40. The summed E-state index contributed by atoms with van der Waals surface area (Å²) < 4.78 is 39.6. The molecule has 0 aliphatic carbocycles. The van der Waals surface area contributed by atoms with E-state index in [1.807, 2.05) is 0 Å². The molecule has 20 heavy (non-hydrogen) atoms. The van der Waals surface area contributed by atoms with E-state index < -0.39 is 23.5 Å². The summed E-state index contributed by atoms with van der Waals surface area (Å²) in [7, 11) is 0. The van der Waals surface area contributed by atoms with Crippen LogP contribution in [0.15, 0.2) is 24.5 Å². The van der Waals surface area contributed by atoms with E-state index in [1.165, 1.54) is 12.4 Å². The Balaban J connectivity index is 2.14. The van der Waals surface area contributed by atoms with E-state index in [1.54, 1.807) is 19.1 Å². The second-order valence-corrected chi connectivity index (χ2v) is 4.98. The molecule has 0 saturated carbocycles. The molecule has 7 heteroatoms. The van der Waals surface area contributed by atoms with Crippen molar-refractivity contribution in [2.24, 2.45) is 5.41 Å². The number of rotatable bonds is 3. The van der Waals surface area contributed by atoms with Crippen molar-refractivity contribution in [2.75, 3.05) is 13.1 Å². The molecule has 1 amide bonds. The van der Waals surface area contributed by atoms with Gasteiger partial charge in [-0.2, -0.15) is 13.2 Å². The fraction of sp³-hybridized carbons (Fsp3) is 0.538. The highest BCUT2D eigenvalue weighted by Crippen LogP contribution is 2.43. The van der Waals surface area contributed by atoms with Crippen molar-refractivity contribution < 1.29 is 18.0 Å². The number of carbonyl (C=O) groups excluding carboxylic acids is 1. The molecule has 1 aromatic rings. The van der Waals surface area contributed by atoms with E-state index in [0.29, 0.717) is 0 Å². The Bertz CT molecular complexity index is 469. The second-order valence-electron chi connectivity index (χ2n) is 4.98. The maximum Gasteiger partial charge on any atom is 0.404 e. The van der Waals surface area contributed by atoms with E-state index >= 15 is 0 Å². The van der Waals surface area contributed by atoms with Crippen molar-refractivity contribution in [3.63, 3.8) is 0 Å². The summed E-state index contributed by atoms with van der Waals surface area (Å²) in [6.45, 7) is 1.47. The van der Waals surface area contributed by atoms with Crippen molar-refractivity contribution in [1.29, 1.82) is 0 Å². The van der Waals surface area contributed by atoms with E-state index in [9.17, 15) is 18.0 Å². The highest BCUT2D eigenvalue weighted by molar-refractivity contribution is 5.84. The van der Waals surface area contributed by atoms with Crippen LogP contribution in [0, 0.1) is 5.41 Å². The highest BCUT2D eigenvalue weighted by atomic mass is 19.4. The maximum atomic E-state index is 13.2. The van der Waals surface area contributed by atoms with Gasteiger partial charge in [-0.25, -0.2) is 0 Å². The predicted octanol–water partition coefficient (Wildman–Crippen LogP) is 1.80. The van der Waals surface area contributed by atoms with Crippen LogP contribution in [0.25, 0.3) is 0 Å². The molecule has 2 N–H and O–H groups in total. The molecule has 1 aromatic heterocycles. The van der Waals surface area contributed by atoms with Gasteiger partial charge < -0.3 is 10.6 Å². The smallest absolute Gasteiger partial charge is 0.349 e. The zero-order valence-corrected chi connectivity index (χ0v) is 11.0. The molecule has 0 radical (unpaired) electrons. The van der Waals surface area contributed by atoms with E-state index in [4.69, 9.17) is 0 Å². The van der Waals surface area contributed by atoms with Crippen molar-refractivity contribution in [3.05, 3.63) is 30.1 Å². The van der Waals surface area contributed by atoms with Gasteiger partial charge in [0.15, 0.2) is 5.41 Å². The molecule has 1 aliphatic heterocycles. The zero-order valence-electron chi connectivity index (χ0n) is 11.0. The number of aromatic nitrogens is 1. The lowest BCUT2D eigenvalue weighted by Crippen LogP contribution is -2.52. The summed E-state index contributed by atoms with van der Waals surface area (Å²) in [5.41, 5.74) is -1.61. The quantitative estimate of drug-likeness (QED) is 0.891. The first-order valence-electron chi connectivity index (χ1n) is 6.35. The van der Waals surface area contributed by atoms with Crippen LogP contribution in [0.5, 0.6) is 0 Å². The van der Waals surface area contributed by atoms with Crippen molar-refractivity contribution in [1.82, 2.24) is 15.6 Å². The summed E-state index contributed by atoms with van der Waals surface area (Å²) >= 11 is 0. The Hall–Kier alpha value is -1.63. The Morgan fingerprint density at radius 3 is 2.60 bits per heavy atom. The zero-order chi connectivity index (χ0) is 14.8. The Kier molecular flexibility index (Phi) is 3.99. The fourth-order valence-electron chi connectivity index (χ4n) is 2.33. The SMILES string of the molecule is C[C@@H](NC(=O)C1(C(F)(F)F)CCNC1)c1ccncc1. The molecule has 0 bridgehead atoms. The third-order valence-electron chi connectivity index (χ3n) is 3.69. The average Bonchev–Trinajstić information content (AvgIpc) is 2.90. The molecule has 1 aliphatic rings. The largest absolute Gasteiger partial charge is 0.404 e. The van der Waals surface area contributed by atoms with Crippen LogP contribution in [0.1, 0.15) is 24.9 Å². The molecule has 1 saturated heterocycles. The number of nitrogens with one attached hydrogen (secondary N) is 2. The van der Waals surface area contributed by atoms with Gasteiger partial charge in [0.1, 0.15) is 0 Å². The fourth-order valence-corrected chi connectivity index (χ4v) is 2.33. The third kappa shape index (κ3) is 2.63. The topological polar surface area (TPSA) is 54.0 Å². The molecule has 110 valence electrons. The van der Waals surface area contributed by atoms with E-state index in [-0.39, 0.29) is 19.5 Å². The average molecular weight is 287 g/mol. The van der Waals surface area contributed by atoms with Gasteiger partial charge in [0.05, 0.1) is 6.04 Å². The van der Waals surface area contributed by atoms with Crippen molar-refractivity contribution in [3.8, 4) is 0 Å². The van der Waals surface area contributed by atoms with Gasteiger partial charge in [-0.1, -0.05) is 0 Å². The molecule has 2 rings (SSSR count). The van der Waals surface area contributed by atoms with Gasteiger partial charge in [-0.05, 0) is 37.6 Å². The molecule has 2 atom stereocenters. The molecule has 0 aromatic carbocycles. The molecule has 4 nitrogen and oxygen atoms in total. The predicted molar refractivity (Wildman–Crippen MR) is 66.8 cm³/mol. The lowest BCUT2D eigenvalue weighted by Gasteiger charge is -2.30. The maximum absolute atomic E-state index is 13.2. The van der Waals surface area contributed by atoms with Crippen molar-refractivity contribution >= 4 is 5.91 Å². The van der Waals surface area contributed by atoms with Crippen LogP contribution >= 0.6 is 0 Å². The number of nitrogens with zero attached hydrogens (tertiary/aromatic N) is 1. The van der Waals surface area contributed by atoms with Gasteiger partial charge in [0.2, 0.25) is 5.91 Å². The number of alkyl halides is 3. The van der Waals surface area contributed by atoms with Crippen LogP contribution < -0.4 is 10.6 Å². The van der Waals surface area contributed by atoms with Crippen molar-refractivity contribution in [2.45, 2.75) is 25.6 Å². The first-order valence-corrected chi connectivity index (χ1v) is 6.35. The molecule has 0 spiro atoms. The van der Waals surface area contributed by atoms with E-state index in [2.05, 4.69) is 15.6 Å². The Morgan fingerprint density at radius 1 is 1.45 bits per heavy atom. The summed E-state index contributed by atoms with van der Waals surface area (Å²) in [5.74, 6) is -0.973. The minimum atomic E-state index is -4.56. The molecule has 1 unspecified atom stereocenters. The number of carbonyl (C=O) groups is 1. The standard InChI is InChI=1S/C13H16F3N3O/c1-9(10-2-5-17-6-3-10)19-11(20)12(13(14,15)16)4-7-18-8-12/h2-3,5-6,9,18H,4,7-8H2,1H3,(H,19,20)/t9-,12?/m1/s1. The molecule has 2 heterocycles. The van der Waals surface area contributed by atoms with Crippen LogP contribution in [0.3, 0.4) is 0 Å². The van der Waals surface area contributed by atoms with Crippen LogP contribution in [0.2, 0.25) is 0 Å².